The van der Waals surface area contributed by atoms with E-state index in [1.807, 2.05) is 0 Å². The maximum Gasteiger partial charge on any atom is 0.371 e. The zero-order valence-corrected chi connectivity index (χ0v) is 11.2. The van der Waals surface area contributed by atoms with Crippen LogP contribution in [0.5, 0.6) is 0 Å². The van der Waals surface area contributed by atoms with E-state index in [0.717, 1.165) is 32.1 Å². The van der Waals surface area contributed by atoms with Gasteiger partial charge < -0.3 is 19.9 Å². The van der Waals surface area contributed by atoms with Crippen molar-refractivity contribution in [2.45, 2.75) is 44.8 Å². The maximum absolute atomic E-state index is 11.8. The number of rotatable bonds is 5. The summed E-state index contributed by atoms with van der Waals surface area (Å²) in [6.45, 7) is 0.0793. The first-order chi connectivity index (χ1) is 9.58. The number of carbonyl (C=O) groups is 2. The van der Waals surface area contributed by atoms with E-state index in [4.69, 9.17) is 9.52 Å². The monoisotopic (exact) mass is 281 g/mol. The summed E-state index contributed by atoms with van der Waals surface area (Å²) >= 11 is 0. The molecule has 1 aromatic heterocycles. The number of hydrogen-bond donors (Lipinski definition) is 3. The van der Waals surface area contributed by atoms with Crippen molar-refractivity contribution in [2.24, 2.45) is 5.92 Å². The average Bonchev–Trinajstić information content (AvgIpc) is 2.94. The van der Waals surface area contributed by atoms with Crippen LogP contribution in [0.1, 0.15) is 48.4 Å². The molecule has 2 rings (SSSR count). The molecule has 1 amide bonds. The fourth-order valence-corrected chi connectivity index (χ4v) is 2.53. The highest BCUT2D eigenvalue weighted by Crippen LogP contribution is 2.26. The fraction of sp³-hybridized carbons (Fsp3) is 0.571. The average molecular weight is 281 g/mol. The van der Waals surface area contributed by atoms with E-state index in [1.54, 1.807) is 0 Å². The molecule has 3 N–H and O–H groups in total. The number of carboxylic acid groups (broad SMARTS) is 1. The summed E-state index contributed by atoms with van der Waals surface area (Å²) in [5.41, 5.74) is 0. The van der Waals surface area contributed by atoms with E-state index in [9.17, 15) is 14.7 Å². The van der Waals surface area contributed by atoms with Crippen LogP contribution in [0.4, 0.5) is 0 Å². The molecule has 0 aromatic carbocycles. The highest BCUT2D eigenvalue weighted by atomic mass is 16.4. The second-order valence-corrected chi connectivity index (χ2v) is 5.13. The molecule has 6 nitrogen and oxygen atoms in total. The Morgan fingerprint density at radius 2 is 2.00 bits per heavy atom. The smallest absolute Gasteiger partial charge is 0.371 e. The van der Waals surface area contributed by atoms with Gasteiger partial charge in [0.25, 0.3) is 0 Å². The molecule has 1 aliphatic carbocycles. The summed E-state index contributed by atoms with van der Waals surface area (Å²) in [5, 5.41) is 21.3. The maximum atomic E-state index is 11.8. The van der Waals surface area contributed by atoms with Gasteiger partial charge in [-0.05, 0) is 30.9 Å². The van der Waals surface area contributed by atoms with Crippen LogP contribution in [0.3, 0.4) is 0 Å². The number of hydrogen-bond acceptors (Lipinski definition) is 4. The van der Waals surface area contributed by atoms with Gasteiger partial charge >= 0.3 is 5.97 Å². The Morgan fingerprint density at radius 3 is 2.60 bits per heavy atom. The van der Waals surface area contributed by atoms with Crippen molar-refractivity contribution in [1.29, 1.82) is 0 Å². The van der Waals surface area contributed by atoms with Crippen LogP contribution in [-0.4, -0.2) is 28.2 Å². The normalized spacial score (nSPS) is 17.6. The molecule has 6 heteroatoms. The van der Waals surface area contributed by atoms with Crippen molar-refractivity contribution in [3.05, 3.63) is 23.7 Å². The number of aliphatic hydroxyl groups is 1. The quantitative estimate of drug-likeness (QED) is 0.760. The molecule has 1 atom stereocenters. The van der Waals surface area contributed by atoms with Gasteiger partial charge in [-0.25, -0.2) is 4.79 Å². The Bertz CT molecular complexity index is 476. The summed E-state index contributed by atoms with van der Waals surface area (Å²) in [7, 11) is 0. The number of carbonyl (C=O) groups excluding carboxylic acids is 1. The van der Waals surface area contributed by atoms with Crippen molar-refractivity contribution in [1.82, 2.24) is 5.32 Å². The molecule has 1 aromatic rings. The van der Waals surface area contributed by atoms with Gasteiger partial charge in [0.1, 0.15) is 11.9 Å². The van der Waals surface area contributed by atoms with Crippen molar-refractivity contribution < 1.29 is 24.2 Å². The van der Waals surface area contributed by atoms with Crippen molar-refractivity contribution in [3.8, 4) is 0 Å². The lowest BCUT2D eigenvalue weighted by Crippen LogP contribution is -2.39. The Kier molecular flexibility index (Phi) is 4.79. The minimum absolute atomic E-state index is 0.0231. The van der Waals surface area contributed by atoms with Gasteiger partial charge in [-0.1, -0.05) is 19.3 Å². The Labute approximate surface area is 116 Å². The first-order valence-electron chi connectivity index (χ1n) is 6.85. The lowest BCUT2D eigenvalue weighted by Gasteiger charge is -2.25. The number of furan rings is 1. The number of aliphatic hydroxyl groups excluding tert-OH is 1. The third-order valence-corrected chi connectivity index (χ3v) is 3.67. The van der Waals surface area contributed by atoms with Crippen LogP contribution in [0.15, 0.2) is 16.5 Å². The van der Waals surface area contributed by atoms with Gasteiger partial charge in [-0.15, -0.1) is 0 Å². The van der Waals surface area contributed by atoms with Crippen LogP contribution >= 0.6 is 0 Å². The van der Waals surface area contributed by atoms with Gasteiger partial charge in [0, 0.05) is 0 Å². The molecule has 0 saturated heterocycles. The summed E-state index contributed by atoms with van der Waals surface area (Å²) in [6, 6.07) is 2.83. The molecule has 0 bridgehead atoms. The Balaban J connectivity index is 1.82. The largest absolute Gasteiger partial charge is 0.475 e. The van der Waals surface area contributed by atoms with Gasteiger partial charge in [-0.2, -0.15) is 0 Å². The van der Waals surface area contributed by atoms with Crippen molar-refractivity contribution in [2.75, 3.05) is 0 Å². The molecule has 0 aliphatic heterocycles. The zero-order valence-electron chi connectivity index (χ0n) is 11.2. The summed E-state index contributed by atoms with van der Waals surface area (Å²) < 4.78 is 5.02. The molecule has 20 heavy (non-hydrogen) atoms. The van der Waals surface area contributed by atoms with E-state index in [1.165, 1.54) is 12.1 Å². The molecule has 0 radical (unpaired) electrons. The van der Waals surface area contributed by atoms with E-state index in [-0.39, 0.29) is 18.2 Å². The second kappa shape index (κ2) is 6.56. The first kappa shape index (κ1) is 14.6. The summed E-state index contributed by atoms with van der Waals surface area (Å²) in [5.74, 6) is -1.36. The molecule has 1 saturated carbocycles. The highest BCUT2D eigenvalue weighted by molar-refractivity contribution is 5.84. The molecule has 1 heterocycles. The topological polar surface area (TPSA) is 99.8 Å². The van der Waals surface area contributed by atoms with Crippen LogP contribution in [0.25, 0.3) is 0 Å². The van der Waals surface area contributed by atoms with E-state index < -0.39 is 18.0 Å². The fourth-order valence-electron chi connectivity index (χ4n) is 2.53. The first-order valence-corrected chi connectivity index (χ1v) is 6.85. The third-order valence-electron chi connectivity index (χ3n) is 3.67. The molecule has 1 aliphatic rings. The Morgan fingerprint density at radius 1 is 1.30 bits per heavy atom. The molecular weight excluding hydrogens is 262 g/mol. The number of aromatic carboxylic acids is 1. The van der Waals surface area contributed by atoms with Crippen LogP contribution in [-0.2, 0) is 11.3 Å². The number of carboxylic acids is 1. The minimum Gasteiger partial charge on any atom is -0.475 e. The van der Waals surface area contributed by atoms with Gasteiger partial charge in [0.2, 0.25) is 11.7 Å². The minimum atomic E-state index is -1.15. The predicted octanol–water partition coefficient (Wildman–Crippen LogP) is 1.54. The molecule has 0 spiro atoms. The molecular formula is C14H19NO5. The van der Waals surface area contributed by atoms with Gasteiger partial charge in [0.05, 0.1) is 6.54 Å². The highest BCUT2D eigenvalue weighted by Gasteiger charge is 2.27. The lowest BCUT2D eigenvalue weighted by atomic mass is 9.85. The third kappa shape index (κ3) is 3.60. The van der Waals surface area contributed by atoms with Crippen molar-refractivity contribution in [3.63, 3.8) is 0 Å². The zero-order chi connectivity index (χ0) is 14.5. The molecule has 1 fully saturated rings. The Hall–Kier alpha value is -1.82. The lowest BCUT2D eigenvalue weighted by molar-refractivity contribution is -0.133. The van der Waals surface area contributed by atoms with E-state index in [2.05, 4.69) is 5.32 Å². The molecule has 0 unspecified atom stereocenters. The standard InChI is InChI=1S/C14H19NO5/c16-12(9-4-2-1-3-5-9)13(17)15-8-10-6-7-11(20-10)14(18)19/h6-7,9,12,16H,1-5,8H2,(H,15,17)(H,18,19)/t12-/m1/s1. The van der Waals surface area contributed by atoms with Gasteiger partial charge in [0.15, 0.2) is 0 Å². The van der Waals surface area contributed by atoms with Crippen molar-refractivity contribution >= 4 is 11.9 Å². The van der Waals surface area contributed by atoms with Crippen LogP contribution in [0, 0.1) is 5.92 Å². The van der Waals surface area contributed by atoms with Gasteiger partial charge in [-0.3, -0.25) is 4.79 Å². The molecule has 110 valence electrons. The number of nitrogens with one attached hydrogen (secondary N) is 1. The second-order valence-electron chi connectivity index (χ2n) is 5.13. The number of amides is 1. The summed E-state index contributed by atoms with van der Waals surface area (Å²) in [4.78, 5) is 22.5. The summed E-state index contributed by atoms with van der Waals surface area (Å²) in [6.07, 6.45) is 4.01. The predicted molar refractivity (Wildman–Crippen MR) is 70.1 cm³/mol. The van der Waals surface area contributed by atoms with E-state index in [0.29, 0.717) is 5.76 Å². The van der Waals surface area contributed by atoms with E-state index >= 15 is 0 Å². The van der Waals surface area contributed by atoms with Crippen LogP contribution < -0.4 is 5.32 Å². The SMILES string of the molecule is O=C(O)c1ccc(CNC(=O)[C@H](O)C2CCCCC2)o1. The van der Waals surface area contributed by atoms with Crippen LogP contribution in [0.2, 0.25) is 0 Å².